The van der Waals surface area contributed by atoms with E-state index in [0.717, 1.165) is 42.6 Å². The largest absolute Gasteiger partial charge is 0.378 e. The Bertz CT molecular complexity index is 707. The molecule has 0 bridgehead atoms. The van der Waals surface area contributed by atoms with Crippen molar-refractivity contribution in [1.82, 2.24) is 19.7 Å². The van der Waals surface area contributed by atoms with Crippen LogP contribution < -0.4 is 5.32 Å². The fraction of sp³-hybridized carbons (Fsp3) is 0.500. The van der Waals surface area contributed by atoms with Crippen LogP contribution in [0.5, 0.6) is 0 Å². The van der Waals surface area contributed by atoms with Crippen molar-refractivity contribution in [1.29, 1.82) is 0 Å². The minimum Gasteiger partial charge on any atom is -0.378 e. The van der Waals surface area contributed by atoms with E-state index >= 15 is 0 Å². The molecule has 1 N–H and O–H groups in total. The number of benzene rings is 1. The summed E-state index contributed by atoms with van der Waals surface area (Å²) in [6.45, 7) is 4.46. The summed E-state index contributed by atoms with van der Waals surface area (Å²) < 4.78 is 1.95. The van der Waals surface area contributed by atoms with Gasteiger partial charge in [0.25, 0.3) is 0 Å². The van der Waals surface area contributed by atoms with Crippen LogP contribution in [-0.2, 0) is 18.4 Å². The summed E-state index contributed by atoms with van der Waals surface area (Å²) in [7, 11) is 1.94. The van der Waals surface area contributed by atoms with Crippen molar-refractivity contribution in [2.45, 2.75) is 37.9 Å². The number of carbonyl (C=O) groups is 1. The van der Waals surface area contributed by atoms with Crippen LogP contribution in [0.2, 0.25) is 0 Å². The van der Waals surface area contributed by atoms with E-state index in [0.29, 0.717) is 12.3 Å². The van der Waals surface area contributed by atoms with Crippen molar-refractivity contribution in [3.63, 3.8) is 0 Å². The molecule has 25 heavy (non-hydrogen) atoms. The Morgan fingerprint density at radius 1 is 1.16 bits per heavy atom. The Morgan fingerprint density at radius 3 is 2.60 bits per heavy atom. The molecule has 1 saturated heterocycles. The van der Waals surface area contributed by atoms with E-state index < -0.39 is 0 Å². The normalized spacial score (nSPS) is 14.6. The molecule has 0 aliphatic carbocycles. The molecule has 0 unspecified atom stereocenters. The Kier molecular flexibility index (Phi) is 5.96. The first-order valence-corrected chi connectivity index (χ1v) is 9.71. The highest BCUT2D eigenvalue weighted by Gasteiger charge is 2.18. The van der Waals surface area contributed by atoms with Crippen LogP contribution in [-0.4, -0.2) is 44.4 Å². The van der Waals surface area contributed by atoms with Gasteiger partial charge in [0.15, 0.2) is 11.0 Å². The molecular formula is C18H25N5OS. The molecule has 1 aromatic carbocycles. The van der Waals surface area contributed by atoms with Crippen LogP contribution in [0.25, 0.3) is 0 Å². The summed E-state index contributed by atoms with van der Waals surface area (Å²) in [4.78, 5) is 14.2. The predicted molar refractivity (Wildman–Crippen MR) is 101 cm³/mol. The Morgan fingerprint density at radius 2 is 1.88 bits per heavy atom. The zero-order valence-corrected chi connectivity index (χ0v) is 15.7. The fourth-order valence-corrected chi connectivity index (χ4v) is 3.67. The predicted octanol–water partition coefficient (Wildman–Crippen LogP) is 2.84. The van der Waals surface area contributed by atoms with Crippen molar-refractivity contribution >= 4 is 23.4 Å². The van der Waals surface area contributed by atoms with E-state index in [2.05, 4.69) is 46.7 Å². The van der Waals surface area contributed by atoms with Gasteiger partial charge >= 0.3 is 0 Å². The fourth-order valence-electron chi connectivity index (χ4n) is 2.84. The van der Waals surface area contributed by atoms with Crippen molar-refractivity contribution in [2.75, 3.05) is 24.2 Å². The van der Waals surface area contributed by atoms with Gasteiger partial charge in [-0.25, -0.2) is 0 Å². The van der Waals surface area contributed by atoms with E-state index in [1.165, 1.54) is 23.7 Å². The van der Waals surface area contributed by atoms with E-state index in [-0.39, 0.29) is 5.91 Å². The number of thioether (sulfide) groups is 1. The number of aromatic nitrogens is 3. The lowest BCUT2D eigenvalue weighted by Gasteiger charge is -2.26. The van der Waals surface area contributed by atoms with Gasteiger partial charge in [-0.2, -0.15) is 0 Å². The average Bonchev–Trinajstić information content (AvgIpc) is 3.00. The minimum atomic E-state index is 0.201. The number of nitrogens with zero attached hydrogens (tertiary/aromatic N) is 4. The van der Waals surface area contributed by atoms with Crippen molar-refractivity contribution < 1.29 is 4.79 Å². The van der Waals surface area contributed by atoms with Gasteiger partial charge in [-0.3, -0.25) is 4.79 Å². The van der Waals surface area contributed by atoms with E-state index in [4.69, 9.17) is 0 Å². The highest BCUT2D eigenvalue weighted by atomic mass is 32.2. The molecule has 7 heteroatoms. The van der Waals surface area contributed by atoms with E-state index in [1.54, 1.807) is 0 Å². The number of carbonyl (C=O) groups excluding carboxylic acids is 1. The van der Waals surface area contributed by atoms with Crippen LogP contribution in [0.3, 0.4) is 0 Å². The van der Waals surface area contributed by atoms with Gasteiger partial charge in [0, 0.05) is 25.8 Å². The quantitative estimate of drug-likeness (QED) is 0.804. The second-order valence-corrected chi connectivity index (χ2v) is 7.35. The van der Waals surface area contributed by atoms with Crippen LogP contribution in [0.1, 0.15) is 30.7 Å². The maximum atomic E-state index is 12.3. The zero-order valence-electron chi connectivity index (χ0n) is 14.9. The monoisotopic (exact) mass is 359 g/mol. The maximum Gasteiger partial charge on any atom is 0.233 e. The molecule has 0 radical (unpaired) electrons. The van der Waals surface area contributed by atoms with Crippen LogP contribution >= 0.6 is 11.8 Å². The summed E-state index contributed by atoms with van der Waals surface area (Å²) in [6.07, 6.45) is 3.47. The lowest BCUT2D eigenvalue weighted by atomic mass is 10.1. The SMILES string of the molecule is Cc1ccc(NCc2nnc(SCC(=O)N3CCCCC3)n2C)cc1. The van der Waals surface area contributed by atoms with Crippen LogP contribution in [0, 0.1) is 6.92 Å². The molecule has 1 fully saturated rings. The molecule has 1 amide bonds. The Hall–Kier alpha value is -2.02. The second-order valence-electron chi connectivity index (χ2n) is 6.41. The molecule has 0 atom stereocenters. The van der Waals surface area contributed by atoms with Gasteiger partial charge in [0.05, 0.1) is 12.3 Å². The Balaban J connectivity index is 1.51. The number of hydrogen-bond donors (Lipinski definition) is 1. The zero-order chi connectivity index (χ0) is 17.6. The van der Waals surface area contributed by atoms with Gasteiger partial charge in [0.1, 0.15) is 0 Å². The Labute approximate surface area is 153 Å². The number of nitrogens with one attached hydrogen (secondary N) is 1. The smallest absolute Gasteiger partial charge is 0.233 e. The molecule has 2 heterocycles. The summed E-state index contributed by atoms with van der Waals surface area (Å²) in [5.41, 5.74) is 2.30. The van der Waals surface area contributed by atoms with Crippen molar-refractivity contribution in [3.8, 4) is 0 Å². The topological polar surface area (TPSA) is 63.1 Å². The summed E-state index contributed by atoms with van der Waals surface area (Å²) in [5, 5.41) is 12.6. The number of likely N-dealkylation sites (tertiary alicyclic amines) is 1. The number of piperidine rings is 1. The summed E-state index contributed by atoms with van der Waals surface area (Å²) in [6, 6.07) is 8.26. The lowest BCUT2D eigenvalue weighted by molar-refractivity contribution is -0.129. The average molecular weight is 359 g/mol. The third-order valence-electron chi connectivity index (χ3n) is 4.46. The molecular weight excluding hydrogens is 334 g/mol. The van der Waals surface area contributed by atoms with Crippen molar-refractivity contribution in [2.24, 2.45) is 7.05 Å². The van der Waals surface area contributed by atoms with Gasteiger partial charge in [-0.15, -0.1) is 10.2 Å². The first kappa shape index (κ1) is 17.8. The minimum absolute atomic E-state index is 0.201. The molecule has 1 aromatic heterocycles. The third-order valence-corrected chi connectivity index (χ3v) is 5.47. The number of amides is 1. The third kappa shape index (κ3) is 4.75. The molecule has 134 valence electrons. The van der Waals surface area contributed by atoms with Crippen LogP contribution in [0.15, 0.2) is 29.4 Å². The van der Waals surface area contributed by atoms with Gasteiger partial charge in [-0.1, -0.05) is 29.5 Å². The standard InChI is InChI=1S/C18H25N5OS/c1-14-6-8-15(9-7-14)19-12-16-20-21-18(22(16)2)25-13-17(24)23-10-4-3-5-11-23/h6-9,19H,3-5,10-13H2,1-2H3. The van der Waals surface area contributed by atoms with Gasteiger partial charge in [0.2, 0.25) is 5.91 Å². The highest BCUT2D eigenvalue weighted by molar-refractivity contribution is 7.99. The molecule has 1 aliphatic heterocycles. The highest BCUT2D eigenvalue weighted by Crippen LogP contribution is 2.18. The lowest BCUT2D eigenvalue weighted by Crippen LogP contribution is -2.36. The second kappa shape index (κ2) is 8.38. The first-order chi connectivity index (χ1) is 12.1. The summed E-state index contributed by atoms with van der Waals surface area (Å²) >= 11 is 1.46. The van der Waals surface area contributed by atoms with E-state index in [1.807, 2.05) is 16.5 Å². The first-order valence-electron chi connectivity index (χ1n) is 8.73. The van der Waals surface area contributed by atoms with E-state index in [9.17, 15) is 4.79 Å². The number of anilines is 1. The number of hydrogen-bond acceptors (Lipinski definition) is 5. The molecule has 3 rings (SSSR count). The summed E-state index contributed by atoms with van der Waals surface area (Å²) in [5.74, 6) is 1.48. The molecule has 2 aromatic rings. The molecule has 6 nitrogen and oxygen atoms in total. The molecule has 0 saturated carbocycles. The molecule has 0 spiro atoms. The number of rotatable bonds is 6. The molecule has 1 aliphatic rings. The maximum absolute atomic E-state index is 12.3. The van der Waals surface area contributed by atoms with Crippen LogP contribution in [0.4, 0.5) is 5.69 Å². The van der Waals surface area contributed by atoms with Gasteiger partial charge in [-0.05, 0) is 38.3 Å². The van der Waals surface area contributed by atoms with Crippen molar-refractivity contribution in [3.05, 3.63) is 35.7 Å². The van der Waals surface area contributed by atoms with Gasteiger partial charge < -0.3 is 14.8 Å². The number of aryl methyl sites for hydroxylation is 1.